The summed E-state index contributed by atoms with van der Waals surface area (Å²) in [5.74, 6) is -0.431. The van der Waals surface area contributed by atoms with Crippen molar-refractivity contribution in [2.75, 3.05) is 23.1 Å². The van der Waals surface area contributed by atoms with E-state index >= 15 is 0 Å². The van der Waals surface area contributed by atoms with Crippen LogP contribution in [0.2, 0.25) is 0 Å². The van der Waals surface area contributed by atoms with E-state index < -0.39 is 13.7 Å². The Morgan fingerprint density at radius 3 is 2.56 bits per heavy atom. The van der Waals surface area contributed by atoms with Gasteiger partial charge in [-0.3, -0.25) is 20.6 Å². The molecule has 0 unspecified atom stereocenters. The zero-order valence-corrected chi connectivity index (χ0v) is 13.7. The molecular weight excluding hydrogens is 351 g/mol. The average molecular weight is 367 g/mol. The van der Waals surface area contributed by atoms with Crippen LogP contribution in [0.5, 0.6) is 5.75 Å². The van der Waals surface area contributed by atoms with Crippen LogP contribution in [0.15, 0.2) is 41.4 Å². The number of hydrogen-bond donors (Lipinski definition) is 6. The summed E-state index contributed by atoms with van der Waals surface area (Å²) in [5, 5.41) is 11.2. The minimum Gasteiger partial charge on any atom is -0.861 e. The molecule has 1 aromatic carbocycles. The Morgan fingerprint density at radius 1 is 1.24 bits per heavy atom. The number of aliphatic imine (C=N–C) groups is 1. The fraction of sp³-hybridized carbons (Fsp3) is 0.0769. The molecule has 2 rings (SSSR count). The summed E-state index contributed by atoms with van der Waals surface area (Å²) in [6, 6.07) is 9.07. The predicted molar refractivity (Wildman–Crippen MR) is 91.2 cm³/mol. The monoisotopic (exact) mass is 367 g/mol. The molecule has 0 amide bonds. The van der Waals surface area contributed by atoms with E-state index in [9.17, 15) is 9.67 Å². The van der Waals surface area contributed by atoms with Crippen LogP contribution >= 0.6 is 7.82 Å². The summed E-state index contributed by atoms with van der Waals surface area (Å²) in [4.78, 5) is 25.4. The molecule has 0 radical (unpaired) electrons. The number of rotatable bonds is 7. The Bertz CT molecular complexity index is 824. The quantitative estimate of drug-likeness (QED) is 0.167. The van der Waals surface area contributed by atoms with Crippen LogP contribution in [0.4, 0.5) is 23.0 Å². The molecule has 0 aliphatic carbocycles. The lowest BCUT2D eigenvalue weighted by Crippen LogP contribution is -2.26. The Morgan fingerprint density at radius 2 is 1.92 bits per heavy atom. The summed E-state index contributed by atoms with van der Waals surface area (Å²) in [5.41, 5.74) is 17.0. The van der Waals surface area contributed by atoms with E-state index in [4.69, 9.17) is 21.3 Å². The second kappa shape index (κ2) is 7.81. The van der Waals surface area contributed by atoms with E-state index in [0.717, 1.165) is 0 Å². The number of phosphoric acid groups is 1. The largest absolute Gasteiger partial charge is 0.861 e. The maximum absolute atomic E-state index is 11.2. The van der Waals surface area contributed by atoms with E-state index in [1.54, 1.807) is 12.1 Å². The van der Waals surface area contributed by atoms with Gasteiger partial charge in [-0.2, -0.15) is 0 Å². The van der Waals surface area contributed by atoms with Gasteiger partial charge in [-0.15, -0.1) is 0 Å². The van der Waals surface area contributed by atoms with Gasteiger partial charge in [0.05, 0.1) is 11.4 Å². The summed E-state index contributed by atoms with van der Waals surface area (Å²) >= 11 is 0. The number of nitrogens with one attached hydrogen (secondary N) is 2. The van der Waals surface area contributed by atoms with Gasteiger partial charge in [0.15, 0.2) is 17.4 Å². The highest BCUT2D eigenvalue weighted by molar-refractivity contribution is 7.46. The molecule has 12 heteroatoms. The Kier molecular flexibility index (Phi) is 5.78. The fourth-order valence-electron chi connectivity index (χ4n) is 1.72. The summed E-state index contributed by atoms with van der Waals surface area (Å²) in [6.07, 6.45) is 0. The van der Waals surface area contributed by atoms with E-state index in [1.165, 1.54) is 24.3 Å². The molecule has 8 N–H and O–H groups in total. The molecule has 0 atom stereocenters. The zero-order valence-electron chi connectivity index (χ0n) is 12.8. The molecule has 11 nitrogen and oxygen atoms in total. The van der Waals surface area contributed by atoms with Crippen LogP contribution in [0, 0.1) is 0 Å². The number of para-hydroxylation sites is 2. The van der Waals surface area contributed by atoms with Crippen molar-refractivity contribution in [2.24, 2.45) is 10.7 Å². The number of phosphoric ester groups is 1. The van der Waals surface area contributed by atoms with Crippen molar-refractivity contribution < 1.29 is 24.0 Å². The van der Waals surface area contributed by atoms with Crippen LogP contribution in [0.1, 0.15) is 0 Å². The molecule has 0 bridgehead atoms. The standard InChI is InChI=1S/C13H17N6O5P/c14-7-12(20)16-11-6-5-9(13(15)17-11)19-18-8-3-1-2-4-10(8)24-25(21,22)23/h1-6,18-19H,7,14H2,(H2,21,22,23)(H3,15,16,17,20)/p-1. The van der Waals surface area contributed by atoms with Crippen LogP contribution in [-0.2, 0) is 4.57 Å². The molecule has 0 fully saturated rings. The van der Waals surface area contributed by atoms with E-state index in [-0.39, 0.29) is 29.6 Å². The Balaban J connectivity index is 2.13. The predicted octanol–water partition coefficient (Wildman–Crippen LogP) is -0.0767. The molecule has 134 valence electrons. The maximum Gasteiger partial charge on any atom is 0.524 e. The van der Waals surface area contributed by atoms with Gasteiger partial charge in [0.25, 0.3) is 0 Å². The Hall–Kier alpha value is -2.85. The molecule has 0 aliphatic rings. The van der Waals surface area contributed by atoms with Crippen molar-refractivity contribution in [2.45, 2.75) is 0 Å². The number of anilines is 3. The number of benzene rings is 1. The minimum atomic E-state index is -4.70. The highest BCUT2D eigenvalue weighted by atomic mass is 31.2. The SMILES string of the molecule is NCC([O-])=Nc1ccc(NNc2ccccc2OP(=O)(O)O)c(N)n1. The zero-order chi connectivity index (χ0) is 18.4. The molecule has 25 heavy (non-hydrogen) atoms. The summed E-state index contributed by atoms with van der Waals surface area (Å²) < 4.78 is 15.6. The first-order valence-corrected chi connectivity index (χ1v) is 8.39. The molecular formula is C13H16N6O5P-. The summed E-state index contributed by atoms with van der Waals surface area (Å²) in [7, 11) is -4.70. The van der Waals surface area contributed by atoms with Crippen LogP contribution < -0.4 is 31.9 Å². The highest BCUT2D eigenvalue weighted by Crippen LogP contribution is 2.40. The molecule has 2 aromatic rings. The van der Waals surface area contributed by atoms with Crippen LogP contribution in [-0.4, -0.2) is 27.2 Å². The molecule has 1 aromatic heterocycles. The van der Waals surface area contributed by atoms with Gasteiger partial charge < -0.3 is 21.1 Å². The van der Waals surface area contributed by atoms with Crippen molar-refractivity contribution >= 4 is 36.7 Å². The van der Waals surface area contributed by atoms with Gasteiger partial charge in [-0.1, -0.05) is 12.1 Å². The number of nitrogens with two attached hydrogens (primary N) is 2. The van der Waals surface area contributed by atoms with Crippen LogP contribution in [0.25, 0.3) is 0 Å². The number of aromatic nitrogens is 1. The lowest BCUT2D eigenvalue weighted by atomic mass is 10.3. The van der Waals surface area contributed by atoms with Gasteiger partial charge in [0, 0.05) is 6.54 Å². The minimum absolute atomic E-state index is 0.0481. The second-order valence-corrected chi connectivity index (χ2v) is 5.80. The number of pyridine rings is 1. The molecule has 0 saturated heterocycles. The summed E-state index contributed by atoms with van der Waals surface area (Å²) in [6.45, 7) is -0.237. The first-order chi connectivity index (χ1) is 11.8. The van der Waals surface area contributed by atoms with Gasteiger partial charge >= 0.3 is 7.82 Å². The first-order valence-electron chi connectivity index (χ1n) is 6.86. The highest BCUT2D eigenvalue weighted by Gasteiger charge is 2.18. The van der Waals surface area contributed by atoms with E-state index in [1.807, 2.05) is 0 Å². The maximum atomic E-state index is 11.2. The Labute approximate surface area is 142 Å². The smallest absolute Gasteiger partial charge is 0.524 e. The third-order valence-corrected chi connectivity index (χ3v) is 3.19. The normalized spacial score (nSPS) is 11.9. The van der Waals surface area contributed by atoms with E-state index in [0.29, 0.717) is 5.69 Å². The molecule has 0 spiro atoms. The van der Waals surface area contributed by atoms with Crippen molar-refractivity contribution in [1.29, 1.82) is 0 Å². The average Bonchev–Trinajstić information content (AvgIpc) is 2.54. The van der Waals surface area contributed by atoms with Crippen molar-refractivity contribution in [1.82, 2.24) is 4.98 Å². The number of nitrogens with zero attached hydrogens (tertiary/aromatic N) is 2. The second-order valence-electron chi connectivity index (χ2n) is 4.64. The topological polar surface area (TPSA) is 191 Å². The van der Waals surface area contributed by atoms with Gasteiger partial charge in [-0.25, -0.2) is 14.5 Å². The number of hydrazine groups is 1. The fourth-order valence-corrected chi connectivity index (χ4v) is 2.13. The first kappa shape index (κ1) is 18.5. The third kappa shape index (κ3) is 5.62. The van der Waals surface area contributed by atoms with Crippen LogP contribution in [0.3, 0.4) is 0 Å². The molecule has 0 saturated carbocycles. The molecule has 0 aliphatic heterocycles. The number of hydrogen-bond acceptors (Lipinski definition) is 9. The lowest BCUT2D eigenvalue weighted by molar-refractivity contribution is -0.216. The van der Waals surface area contributed by atoms with Gasteiger partial charge in [0.1, 0.15) is 0 Å². The molecule has 1 heterocycles. The lowest BCUT2D eigenvalue weighted by Gasteiger charge is -2.15. The van der Waals surface area contributed by atoms with Crippen molar-refractivity contribution in [3.05, 3.63) is 36.4 Å². The third-order valence-electron chi connectivity index (χ3n) is 2.76. The van der Waals surface area contributed by atoms with Gasteiger partial charge in [0.2, 0.25) is 0 Å². The van der Waals surface area contributed by atoms with Gasteiger partial charge in [-0.05, 0) is 30.2 Å². The van der Waals surface area contributed by atoms with Crippen molar-refractivity contribution in [3.8, 4) is 5.75 Å². The van der Waals surface area contributed by atoms with E-state index in [2.05, 4.69) is 25.4 Å². The number of nitrogen functional groups attached to an aromatic ring is 1. The van der Waals surface area contributed by atoms with Crippen molar-refractivity contribution in [3.63, 3.8) is 0 Å².